The van der Waals surface area contributed by atoms with E-state index in [-0.39, 0.29) is 12.5 Å². The molecule has 0 aliphatic carbocycles. The molecule has 0 bridgehead atoms. The number of H-pyrrole nitrogens is 1. The maximum absolute atomic E-state index is 10.8. The maximum Gasteiger partial charge on any atom is 0.317 e. The average Bonchev–Trinajstić information content (AvgIpc) is 2.98. The minimum atomic E-state index is -0.764. The topological polar surface area (TPSA) is 69.2 Å². The number of aromatic amines is 1. The van der Waals surface area contributed by atoms with Crippen LogP contribution in [0.5, 0.6) is 0 Å². The van der Waals surface area contributed by atoms with Crippen molar-refractivity contribution >= 4 is 5.97 Å². The first-order chi connectivity index (χ1) is 10.2. The van der Waals surface area contributed by atoms with Gasteiger partial charge in [0.25, 0.3) is 0 Å². The molecule has 5 heteroatoms. The molecule has 2 aromatic rings. The number of benzene rings is 1. The molecular weight excluding hydrogens is 266 g/mol. The first kappa shape index (κ1) is 13.8. The Morgan fingerprint density at radius 2 is 2.19 bits per heavy atom. The highest BCUT2D eigenvalue weighted by Crippen LogP contribution is 2.26. The van der Waals surface area contributed by atoms with E-state index in [0.717, 1.165) is 43.0 Å². The van der Waals surface area contributed by atoms with E-state index in [9.17, 15) is 4.79 Å². The number of rotatable bonds is 4. The molecule has 1 fully saturated rings. The van der Waals surface area contributed by atoms with E-state index in [0.29, 0.717) is 0 Å². The van der Waals surface area contributed by atoms with Crippen molar-refractivity contribution in [1.29, 1.82) is 0 Å². The van der Waals surface area contributed by atoms with E-state index in [2.05, 4.69) is 22.1 Å². The fourth-order valence-corrected chi connectivity index (χ4v) is 2.92. The maximum atomic E-state index is 10.8. The van der Waals surface area contributed by atoms with Crippen LogP contribution in [0.25, 0.3) is 11.3 Å². The molecule has 21 heavy (non-hydrogen) atoms. The highest BCUT2D eigenvalue weighted by molar-refractivity contribution is 5.69. The van der Waals surface area contributed by atoms with Gasteiger partial charge < -0.3 is 10.1 Å². The van der Waals surface area contributed by atoms with Crippen molar-refractivity contribution in [1.82, 2.24) is 14.9 Å². The lowest BCUT2D eigenvalue weighted by Crippen LogP contribution is -2.38. The van der Waals surface area contributed by atoms with Crippen molar-refractivity contribution < 1.29 is 9.90 Å². The summed E-state index contributed by atoms with van der Waals surface area (Å²) in [4.78, 5) is 20.7. The summed E-state index contributed by atoms with van der Waals surface area (Å²) < 4.78 is 0. The molecular formula is C16H19N3O2. The van der Waals surface area contributed by atoms with Gasteiger partial charge in [0.05, 0.1) is 18.4 Å². The zero-order valence-electron chi connectivity index (χ0n) is 11.8. The number of hydrogen-bond donors (Lipinski definition) is 2. The molecule has 3 rings (SSSR count). The van der Waals surface area contributed by atoms with E-state index in [1.54, 1.807) is 0 Å². The van der Waals surface area contributed by atoms with Crippen LogP contribution in [0.4, 0.5) is 0 Å². The fraction of sp³-hybridized carbons (Fsp3) is 0.375. The van der Waals surface area contributed by atoms with Gasteiger partial charge >= 0.3 is 5.97 Å². The van der Waals surface area contributed by atoms with Crippen LogP contribution in [0.3, 0.4) is 0 Å². The Morgan fingerprint density at radius 3 is 2.95 bits per heavy atom. The second-order valence-electron chi connectivity index (χ2n) is 5.52. The summed E-state index contributed by atoms with van der Waals surface area (Å²) in [6, 6.07) is 10.1. The second-order valence-corrected chi connectivity index (χ2v) is 5.52. The number of carboxylic acid groups (broad SMARTS) is 1. The van der Waals surface area contributed by atoms with Gasteiger partial charge in [0.15, 0.2) is 0 Å². The number of aliphatic carboxylic acids is 1. The Balaban J connectivity index is 1.72. The quantitative estimate of drug-likeness (QED) is 0.904. The standard InChI is InChI=1S/C16H19N3O2/c20-15(21)11-19-8-4-7-13(10-19)16-17-9-14(18-16)12-5-2-1-3-6-12/h1-3,5-6,9,13H,4,7-8,10-11H2,(H,17,18)(H,20,21)/t13-/m1/s1. The van der Waals surface area contributed by atoms with Crippen LogP contribution in [0.1, 0.15) is 24.6 Å². The lowest BCUT2D eigenvalue weighted by Gasteiger charge is -2.30. The molecule has 2 heterocycles. The van der Waals surface area contributed by atoms with Crippen LogP contribution < -0.4 is 0 Å². The molecule has 0 spiro atoms. The molecule has 110 valence electrons. The summed E-state index contributed by atoms with van der Waals surface area (Å²) in [5.74, 6) is 0.486. The van der Waals surface area contributed by atoms with Crippen LogP contribution >= 0.6 is 0 Å². The highest BCUT2D eigenvalue weighted by atomic mass is 16.4. The molecule has 1 aliphatic rings. The third kappa shape index (κ3) is 3.31. The van der Waals surface area contributed by atoms with Gasteiger partial charge in [-0.2, -0.15) is 0 Å². The van der Waals surface area contributed by atoms with Gasteiger partial charge in [-0.1, -0.05) is 30.3 Å². The molecule has 1 aromatic carbocycles. The van der Waals surface area contributed by atoms with Gasteiger partial charge in [0, 0.05) is 12.5 Å². The lowest BCUT2D eigenvalue weighted by atomic mass is 9.97. The van der Waals surface area contributed by atoms with Crippen molar-refractivity contribution in [2.75, 3.05) is 19.6 Å². The number of nitrogens with zero attached hydrogens (tertiary/aromatic N) is 2. The lowest BCUT2D eigenvalue weighted by molar-refractivity contribution is -0.138. The van der Waals surface area contributed by atoms with E-state index in [1.165, 1.54) is 0 Å². The summed E-state index contributed by atoms with van der Waals surface area (Å²) in [6.45, 7) is 1.73. The van der Waals surface area contributed by atoms with Crippen molar-refractivity contribution in [2.45, 2.75) is 18.8 Å². The van der Waals surface area contributed by atoms with Crippen molar-refractivity contribution in [2.24, 2.45) is 0 Å². The van der Waals surface area contributed by atoms with E-state index >= 15 is 0 Å². The van der Waals surface area contributed by atoms with Gasteiger partial charge in [-0.15, -0.1) is 0 Å². The predicted molar refractivity (Wildman–Crippen MR) is 80.1 cm³/mol. The molecule has 5 nitrogen and oxygen atoms in total. The Bertz CT molecular complexity index is 609. The monoisotopic (exact) mass is 285 g/mol. The molecule has 0 amide bonds. The van der Waals surface area contributed by atoms with Crippen LogP contribution in [-0.4, -0.2) is 45.6 Å². The Kier molecular flexibility index (Phi) is 4.01. The van der Waals surface area contributed by atoms with Crippen molar-refractivity contribution in [3.8, 4) is 11.3 Å². The second kappa shape index (κ2) is 6.10. The number of aromatic nitrogens is 2. The van der Waals surface area contributed by atoms with Gasteiger partial charge in [-0.05, 0) is 24.9 Å². The zero-order valence-corrected chi connectivity index (χ0v) is 11.8. The molecule has 1 atom stereocenters. The fourth-order valence-electron chi connectivity index (χ4n) is 2.92. The number of piperidine rings is 1. The van der Waals surface area contributed by atoms with Gasteiger partial charge in [0.2, 0.25) is 0 Å². The Morgan fingerprint density at radius 1 is 1.38 bits per heavy atom. The number of nitrogens with one attached hydrogen (secondary N) is 1. The first-order valence-electron chi connectivity index (χ1n) is 7.27. The normalized spacial score (nSPS) is 19.5. The van der Waals surface area contributed by atoms with Crippen LogP contribution in [0.2, 0.25) is 0 Å². The van der Waals surface area contributed by atoms with Crippen LogP contribution in [0.15, 0.2) is 36.5 Å². The highest BCUT2D eigenvalue weighted by Gasteiger charge is 2.24. The number of imidazole rings is 1. The molecule has 1 saturated heterocycles. The molecule has 1 aliphatic heterocycles. The van der Waals surface area contributed by atoms with E-state index in [4.69, 9.17) is 5.11 Å². The summed E-state index contributed by atoms with van der Waals surface area (Å²) >= 11 is 0. The van der Waals surface area contributed by atoms with Crippen molar-refractivity contribution in [3.63, 3.8) is 0 Å². The zero-order chi connectivity index (χ0) is 14.7. The molecule has 0 unspecified atom stereocenters. The molecule has 1 aromatic heterocycles. The first-order valence-corrected chi connectivity index (χ1v) is 7.27. The van der Waals surface area contributed by atoms with E-state index in [1.807, 2.05) is 29.3 Å². The average molecular weight is 285 g/mol. The molecule has 0 radical (unpaired) electrons. The summed E-state index contributed by atoms with van der Waals surface area (Å²) in [5, 5.41) is 8.91. The minimum absolute atomic E-state index is 0.114. The Hall–Kier alpha value is -2.14. The number of carboxylic acids is 1. The minimum Gasteiger partial charge on any atom is -0.480 e. The Labute approximate surface area is 123 Å². The summed E-state index contributed by atoms with van der Waals surface area (Å²) in [7, 11) is 0. The number of likely N-dealkylation sites (tertiary alicyclic amines) is 1. The van der Waals surface area contributed by atoms with Gasteiger partial charge in [0.1, 0.15) is 5.82 Å². The third-order valence-corrected chi connectivity index (χ3v) is 3.93. The van der Waals surface area contributed by atoms with Crippen LogP contribution in [0, 0.1) is 0 Å². The van der Waals surface area contributed by atoms with Crippen molar-refractivity contribution in [3.05, 3.63) is 42.4 Å². The predicted octanol–water partition coefficient (Wildman–Crippen LogP) is 2.34. The molecule has 0 saturated carbocycles. The summed E-state index contributed by atoms with van der Waals surface area (Å²) in [6.07, 6.45) is 3.93. The largest absolute Gasteiger partial charge is 0.480 e. The third-order valence-electron chi connectivity index (χ3n) is 3.93. The van der Waals surface area contributed by atoms with Gasteiger partial charge in [-0.25, -0.2) is 4.98 Å². The van der Waals surface area contributed by atoms with E-state index < -0.39 is 5.97 Å². The number of carbonyl (C=O) groups is 1. The van der Waals surface area contributed by atoms with Gasteiger partial charge in [-0.3, -0.25) is 9.69 Å². The smallest absolute Gasteiger partial charge is 0.317 e. The summed E-state index contributed by atoms with van der Waals surface area (Å²) in [5.41, 5.74) is 2.13. The number of hydrogen-bond acceptors (Lipinski definition) is 3. The molecule has 2 N–H and O–H groups in total. The SMILES string of the molecule is O=C(O)CN1CCC[C@@H](c2ncc(-c3ccccc3)[nH]2)C1. The van der Waals surface area contributed by atoms with Crippen LogP contribution in [-0.2, 0) is 4.79 Å².